The van der Waals surface area contributed by atoms with Crippen molar-refractivity contribution in [1.82, 2.24) is 32.6 Å². The highest BCUT2D eigenvalue weighted by atomic mass is 16.6. The number of carbonyl (C=O) groups is 6. The van der Waals surface area contributed by atoms with Crippen molar-refractivity contribution in [3.63, 3.8) is 0 Å². The van der Waals surface area contributed by atoms with E-state index in [0.717, 1.165) is 89.9 Å². The number of nitrogens with one attached hydrogen (secondary N) is 6. The van der Waals surface area contributed by atoms with E-state index in [2.05, 4.69) is 53.3 Å². The summed E-state index contributed by atoms with van der Waals surface area (Å²) in [4.78, 5) is 78.0. The predicted molar refractivity (Wildman–Crippen MR) is 242 cm³/mol. The van der Waals surface area contributed by atoms with Crippen LogP contribution in [0.1, 0.15) is 195 Å². The lowest BCUT2D eigenvalue weighted by molar-refractivity contribution is -0.130. The predicted octanol–water partition coefficient (Wildman–Crippen LogP) is 8.69. The fourth-order valence-electron chi connectivity index (χ4n) is 6.23. The maximum absolute atomic E-state index is 13.7. The molecule has 0 aliphatic rings. The van der Waals surface area contributed by atoms with Crippen molar-refractivity contribution < 1.29 is 47.7 Å². The van der Waals surface area contributed by atoms with Crippen molar-refractivity contribution in [2.24, 2.45) is 0 Å². The molecule has 0 bridgehead atoms. The Bertz CT molecular complexity index is 1710. The molecule has 0 heterocycles. The van der Waals surface area contributed by atoms with E-state index in [0.29, 0.717) is 18.8 Å². The Morgan fingerprint density at radius 2 is 0.825 bits per heavy atom. The monoisotopic (exact) mass is 883 g/mol. The third-order valence-electron chi connectivity index (χ3n) is 9.60. The zero-order valence-electron chi connectivity index (χ0n) is 38.6. The van der Waals surface area contributed by atoms with Crippen LogP contribution in [-0.4, -0.2) is 61.1 Å². The lowest BCUT2D eigenvalue weighted by Crippen LogP contribution is -2.47. The average Bonchev–Trinajstić information content (AvgIpc) is 3.25. The van der Waals surface area contributed by atoms with Crippen LogP contribution in [0, 0.1) is 0 Å². The molecule has 0 radical (unpaired) electrons. The van der Waals surface area contributed by atoms with Crippen molar-refractivity contribution in [1.29, 1.82) is 0 Å². The second kappa shape index (κ2) is 31.3. The van der Waals surface area contributed by atoms with Crippen LogP contribution in [0.3, 0.4) is 0 Å². The first-order valence-corrected chi connectivity index (χ1v) is 22.9. The summed E-state index contributed by atoms with van der Waals surface area (Å²) in [6, 6.07) is 9.34. The van der Waals surface area contributed by atoms with Gasteiger partial charge in [0, 0.05) is 6.07 Å². The Morgan fingerprint density at radius 1 is 0.444 bits per heavy atom. The molecule has 6 N–H and O–H groups in total. The van der Waals surface area contributed by atoms with E-state index in [1.54, 1.807) is 45.0 Å². The summed E-state index contributed by atoms with van der Waals surface area (Å²) >= 11 is 0. The van der Waals surface area contributed by atoms with Gasteiger partial charge in [-0.2, -0.15) is 0 Å². The molecular weight excluding hydrogens is 809 g/mol. The third kappa shape index (κ3) is 23.5. The summed E-state index contributed by atoms with van der Waals surface area (Å²) in [5, 5.41) is 0. The summed E-state index contributed by atoms with van der Waals surface area (Å²) in [7, 11) is 0. The Kier molecular flexibility index (Phi) is 26.6. The van der Waals surface area contributed by atoms with Gasteiger partial charge in [-0.05, 0) is 58.2 Å². The van der Waals surface area contributed by atoms with Crippen molar-refractivity contribution in [2.75, 3.05) is 19.8 Å². The molecule has 2 rings (SSSR count). The SMILES string of the molecule is CCCCCCCCOc1ccccc1C(=O)NNC(=O)CC(=O)NNC(=O)c1cc(C(=O)NNC(=O)OC(C)(C)C)c(OCCCCCCCC)cc1OCCCCCCCC. The molecule has 0 aromatic heterocycles. The van der Waals surface area contributed by atoms with E-state index in [1.165, 1.54) is 31.4 Å². The van der Waals surface area contributed by atoms with Crippen LogP contribution in [0.5, 0.6) is 17.2 Å². The molecule has 0 saturated heterocycles. The quantitative estimate of drug-likeness (QED) is 0.0260. The summed E-state index contributed by atoms with van der Waals surface area (Å²) in [6.07, 6.45) is 17.0. The molecule has 0 aliphatic carbocycles. The van der Waals surface area contributed by atoms with Gasteiger partial charge in [0.25, 0.3) is 17.7 Å². The van der Waals surface area contributed by atoms with E-state index in [1.807, 2.05) is 0 Å². The Hall–Kier alpha value is -5.54. The fourth-order valence-corrected chi connectivity index (χ4v) is 6.23. The van der Waals surface area contributed by atoms with Crippen LogP contribution < -0.4 is 46.8 Å². The van der Waals surface area contributed by atoms with Crippen molar-refractivity contribution in [3.8, 4) is 17.2 Å². The van der Waals surface area contributed by atoms with E-state index in [9.17, 15) is 28.8 Å². The van der Waals surface area contributed by atoms with Gasteiger partial charge < -0.3 is 18.9 Å². The van der Waals surface area contributed by atoms with Crippen LogP contribution >= 0.6 is 0 Å². The van der Waals surface area contributed by atoms with Crippen LogP contribution in [-0.2, 0) is 14.3 Å². The van der Waals surface area contributed by atoms with Gasteiger partial charge in [-0.25, -0.2) is 10.2 Å². The average molecular weight is 883 g/mol. The molecule has 16 nitrogen and oxygen atoms in total. The summed E-state index contributed by atoms with van der Waals surface area (Å²) in [6.45, 7) is 12.5. The van der Waals surface area contributed by atoms with E-state index in [-0.39, 0.29) is 41.4 Å². The number of hydrogen-bond donors (Lipinski definition) is 6. The first-order chi connectivity index (χ1) is 30.3. The second-order valence-electron chi connectivity index (χ2n) is 16.5. The van der Waals surface area contributed by atoms with E-state index in [4.69, 9.17) is 18.9 Å². The number of unbranched alkanes of at least 4 members (excludes halogenated alkanes) is 15. The van der Waals surface area contributed by atoms with Crippen LogP contribution in [0.15, 0.2) is 36.4 Å². The summed E-state index contributed by atoms with van der Waals surface area (Å²) in [5.41, 5.74) is 12.7. The Labute approximate surface area is 374 Å². The number of benzene rings is 2. The number of ether oxygens (including phenoxy) is 4. The number of hydrazine groups is 3. The molecule has 2 aromatic rings. The van der Waals surface area contributed by atoms with Crippen LogP contribution in [0.2, 0.25) is 0 Å². The van der Waals surface area contributed by atoms with Gasteiger partial charge in [-0.3, -0.25) is 51.1 Å². The molecule has 2 aromatic carbocycles. The van der Waals surface area contributed by atoms with Gasteiger partial charge >= 0.3 is 6.09 Å². The fraction of sp³-hybridized carbons (Fsp3) is 0.617. The molecule has 16 heteroatoms. The highest BCUT2D eigenvalue weighted by molar-refractivity contribution is 6.05. The number of rotatable bonds is 29. The molecule has 352 valence electrons. The second-order valence-corrected chi connectivity index (χ2v) is 16.5. The lowest BCUT2D eigenvalue weighted by Gasteiger charge is -2.20. The Morgan fingerprint density at radius 3 is 1.27 bits per heavy atom. The van der Waals surface area contributed by atoms with E-state index >= 15 is 0 Å². The maximum atomic E-state index is 13.7. The number of amides is 6. The van der Waals surface area contributed by atoms with Gasteiger partial charge in [-0.1, -0.05) is 129 Å². The minimum Gasteiger partial charge on any atom is -0.493 e. The number of para-hydroxylation sites is 1. The zero-order chi connectivity index (χ0) is 46.3. The topological polar surface area (TPSA) is 212 Å². The molecule has 0 aliphatic heterocycles. The molecule has 6 amide bonds. The molecule has 0 saturated carbocycles. The van der Waals surface area contributed by atoms with Gasteiger partial charge in [-0.15, -0.1) is 0 Å². The third-order valence-corrected chi connectivity index (χ3v) is 9.60. The molecular formula is C47H74N6O10. The first kappa shape index (κ1) is 53.6. The molecule has 63 heavy (non-hydrogen) atoms. The highest BCUT2D eigenvalue weighted by Gasteiger charge is 2.24. The van der Waals surface area contributed by atoms with Gasteiger partial charge in [0.1, 0.15) is 29.3 Å². The van der Waals surface area contributed by atoms with Crippen molar-refractivity contribution >= 4 is 35.6 Å². The maximum Gasteiger partial charge on any atom is 0.426 e. The first-order valence-electron chi connectivity index (χ1n) is 22.9. The van der Waals surface area contributed by atoms with E-state index < -0.39 is 47.7 Å². The molecule has 0 unspecified atom stereocenters. The highest BCUT2D eigenvalue weighted by Crippen LogP contribution is 2.31. The molecule has 0 spiro atoms. The summed E-state index contributed by atoms with van der Waals surface area (Å²) in [5.74, 6) is -3.46. The minimum absolute atomic E-state index is 0.0927. The van der Waals surface area contributed by atoms with Crippen LogP contribution in [0.4, 0.5) is 4.79 Å². The van der Waals surface area contributed by atoms with Gasteiger partial charge in [0.05, 0.1) is 36.5 Å². The van der Waals surface area contributed by atoms with Gasteiger partial charge in [0.2, 0.25) is 11.8 Å². The zero-order valence-corrected chi connectivity index (χ0v) is 38.6. The smallest absolute Gasteiger partial charge is 0.426 e. The van der Waals surface area contributed by atoms with Crippen molar-refractivity contribution in [2.45, 2.75) is 169 Å². The molecule has 0 fully saturated rings. The lowest BCUT2D eigenvalue weighted by atomic mass is 10.1. The standard InChI is InChI=1S/C47H74N6O10/c1-7-10-13-16-19-24-29-60-38-28-23-22-27-35(38)43(56)50-48-41(54)34-42(55)49-51-44(57)36-32-37(45(58)52-53-46(59)63-47(4,5)6)40(62-31-26-21-18-15-12-9-3)33-39(36)61-30-25-20-17-14-11-8-2/h22-23,27-28,32-33H,7-21,24-26,29-31,34H2,1-6H3,(H,48,54)(H,49,55)(H,50,56)(H,51,57)(H,52,58)(H,53,59). The largest absolute Gasteiger partial charge is 0.493 e. The normalized spacial score (nSPS) is 10.9. The summed E-state index contributed by atoms with van der Waals surface area (Å²) < 4.78 is 23.2. The minimum atomic E-state index is -0.897. The van der Waals surface area contributed by atoms with Crippen LogP contribution in [0.25, 0.3) is 0 Å². The van der Waals surface area contributed by atoms with Crippen molar-refractivity contribution in [3.05, 3.63) is 53.1 Å². The number of carbonyl (C=O) groups excluding carboxylic acids is 6. The van der Waals surface area contributed by atoms with Gasteiger partial charge in [0.15, 0.2) is 0 Å². The molecule has 0 atom stereocenters. The number of hydrogen-bond acceptors (Lipinski definition) is 10. The Balaban J connectivity index is 2.16.